The maximum absolute atomic E-state index is 6.11. The number of benzene rings is 1. The van der Waals surface area contributed by atoms with Crippen molar-refractivity contribution in [3.05, 3.63) is 29.8 Å². The number of hydrogen-bond acceptors (Lipinski definition) is 2. The molecule has 1 fully saturated rings. The highest BCUT2D eigenvalue weighted by Gasteiger charge is 2.23. The lowest BCUT2D eigenvalue weighted by Crippen LogP contribution is -2.28. The normalized spacial score (nSPS) is 23.9. The van der Waals surface area contributed by atoms with Crippen molar-refractivity contribution in [2.24, 2.45) is 11.7 Å². The van der Waals surface area contributed by atoms with Crippen LogP contribution in [0.25, 0.3) is 0 Å². The Bertz CT molecular complexity index is 344. The highest BCUT2D eigenvalue weighted by atomic mass is 15.1. The van der Waals surface area contributed by atoms with Gasteiger partial charge >= 0.3 is 0 Å². The van der Waals surface area contributed by atoms with Gasteiger partial charge in [0.25, 0.3) is 0 Å². The molecule has 1 aromatic rings. The second-order valence-electron chi connectivity index (χ2n) is 5.40. The fourth-order valence-corrected chi connectivity index (χ4v) is 2.71. The topological polar surface area (TPSA) is 29.3 Å². The largest absolute Gasteiger partial charge is 0.375 e. The first-order chi connectivity index (χ1) is 8.16. The molecule has 2 heteroatoms. The van der Waals surface area contributed by atoms with Crippen LogP contribution in [0.5, 0.6) is 0 Å². The van der Waals surface area contributed by atoms with Crippen molar-refractivity contribution in [1.29, 1.82) is 0 Å². The van der Waals surface area contributed by atoms with E-state index in [0.29, 0.717) is 6.04 Å². The zero-order chi connectivity index (χ0) is 12.3. The van der Waals surface area contributed by atoms with Crippen LogP contribution in [0.15, 0.2) is 24.3 Å². The van der Waals surface area contributed by atoms with E-state index in [9.17, 15) is 0 Å². The molecule has 1 saturated carbocycles. The van der Waals surface area contributed by atoms with Crippen LogP contribution in [0, 0.1) is 12.8 Å². The Labute approximate surface area is 105 Å². The van der Waals surface area contributed by atoms with Crippen LogP contribution < -0.4 is 10.6 Å². The van der Waals surface area contributed by atoms with Crippen LogP contribution >= 0.6 is 0 Å². The fraction of sp³-hybridized carbons (Fsp3) is 0.600. The van der Waals surface area contributed by atoms with Gasteiger partial charge in [-0.3, -0.25) is 0 Å². The van der Waals surface area contributed by atoms with Crippen LogP contribution in [-0.2, 0) is 0 Å². The Morgan fingerprint density at radius 3 is 2.53 bits per heavy atom. The zero-order valence-electron chi connectivity index (χ0n) is 11.0. The summed E-state index contributed by atoms with van der Waals surface area (Å²) in [5.74, 6) is 0.739. The van der Waals surface area contributed by atoms with E-state index in [-0.39, 0.29) is 0 Å². The molecule has 1 aliphatic rings. The first-order valence-electron chi connectivity index (χ1n) is 6.70. The Hall–Kier alpha value is -1.02. The van der Waals surface area contributed by atoms with Crippen LogP contribution in [0.2, 0.25) is 0 Å². The third-order valence-electron chi connectivity index (χ3n) is 4.03. The predicted molar refractivity (Wildman–Crippen MR) is 74.4 cm³/mol. The van der Waals surface area contributed by atoms with Crippen molar-refractivity contribution < 1.29 is 0 Å². The van der Waals surface area contributed by atoms with Gasteiger partial charge in [-0.15, -0.1) is 0 Å². The molecule has 2 atom stereocenters. The van der Waals surface area contributed by atoms with E-state index in [2.05, 4.69) is 43.1 Å². The Morgan fingerprint density at radius 2 is 1.94 bits per heavy atom. The van der Waals surface area contributed by atoms with E-state index in [1.807, 2.05) is 0 Å². The van der Waals surface area contributed by atoms with Gasteiger partial charge in [0, 0.05) is 25.3 Å². The Balaban J connectivity index is 1.84. The van der Waals surface area contributed by atoms with Crippen molar-refractivity contribution in [2.45, 2.75) is 38.6 Å². The van der Waals surface area contributed by atoms with Gasteiger partial charge in [-0.2, -0.15) is 0 Å². The number of anilines is 1. The lowest BCUT2D eigenvalue weighted by molar-refractivity contribution is 0.449. The Kier molecular flexibility index (Phi) is 4.06. The lowest BCUT2D eigenvalue weighted by Gasteiger charge is -2.23. The molecule has 1 aromatic carbocycles. The Morgan fingerprint density at radius 1 is 1.24 bits per heavy atom. The van der Waals surface area contributed by atoms with Crippen LogP contribution in [0.3, 0.4) is 0 Å². The van der Waals surface area contributed by atoms with E-state index < -0.39 is 0 Å². The minimum Gasteiger partial charge on any atom is -0.375 e. The molecule has 0 bridgehead atoms. The molecule has 2 rings (SSSR count). The number of nitrogens with two attached hydrogens (primary N) is 1. The summed E-state index contributed by atoms with van der Waals surface area (Å²) in [6.45, 7) is 3.24. The summed E-state index contributed by atoms with van der Waals surface area (Å²) in [6, 6.07) is 9.19. The molecular formula is C15H24N2. The van der Waals surface area contributed by atoms with Crippen molar-refractivity contribution in [2.75, 3.05) is 18.5 Å². The third kappa shape index (κ3) is 3.22. The molecule has 0 radical (unpaired) electrons. The van der Waals surface area contributed by atoms with Crippen LogP contribution in [0.4, 0.5) is 5.69 Å². The predicted octanol–water partition coefficient (Wildman–Crippen LogP) is 2.95. The molecule has 0 spiro atoms. The molecule has 0 heterocycles. The number of rotatable bonds is 4. The summed E-state index contributed by atoms with van der Waals surface area (Å²) in [6.07, 6.45) is 5.09. The summed E-state index contributed by atoms with van der Waals surface area (Å²) in [7, 11) is 2.17. The van der Waals surface area contributed by atoms with Crippen molar-refractivity contribution in [3.63, 3.8) is 0 Å². The summed E-state index contributed by atoms with van der Waals surface area (Å²) in [5.41, 5.74) is 8.73. The second-order valence-corrected chi connectivity index (χ2v) is 5.40. The average molecular weight is 232 g/mol. The first-order valence-corrected chi connectivity index (χ1v) is 6.70. The van der Waals surface area contributed by atoms with Gasteiger partial charge in [0.05, 0.1) is 0 Å². The summed E-state index contributed by atoms with van der Waals surface area (Å²) >= 11 is 0. The van der Waals surface area contributed by atoms with Gasteiger partial charge in [0.1, 0.15) is 0 Å². The number of nitrogens with zero attached hydrogens (tertiary/aromatic N) is 1. The molecule has 94 valence electrons. The summed E-state index contributed by atoms with van der Waals surface area (Å²) in [5, 5.41) is 0. The van der Waals surface area contributed by atoms with Crippen molar-refractivity contribution in [3.8, 4) is 0 Å². The first kappa shape index (κ1) is 12.4. The number of aryl methyl sites for hydroxylation is 1. The SMILES string of the molecule is Cc1ccc(N(C)CCC2CCCC2N)cc1. The van der Waals surface area contributed by atoms with Gasteiger partial charge in [0.15, 0.2) is 0 Å². The molecule has 0 aliphatic heterocycles. The van der Waals surface area contributed by atoms with Gasteiger partial charge in [-0.1, -0.05) is 24.1 Å². The quantitative estimate of drug-likeness (QED) is 0.865. The van der Waals surface area contributed by atoms with E-state index in [1.54, 1.807) is 0 Å². The average Bonchev–Trinajstić information content (AvgIpc) is 2.73. The second kappa shape index (κ2) is 5.54. The maximum Gasteiger partial charge on any atom is 0.0363 e. The summed E-state index contributed by atoms with van der Waals surface area (Å²) in [4.78, 5) is 2.34. The van der Waals surface area contributed by atoms with E-state index >= 15 is 0 Å². The molecule has 2 N–H and O–H groups in total. The van der Waals surface area contributed by atoms with Gasteiger partial charge in [-0.05, 0) is 44.2 Å². The fourth-order valence-electron chi connectivity index (χ4n) is 2.71. The summed E-state index contributed by atoms with van der Waals surface area (Å²) < 4.78 is 0. The van der Waals surface area contributed by atoms with E-state index in [0.717, 1.165) is 12.5 Å². The molecule has 0 aromatic heterocycles. The smallest absolute Gasteiger partial charge is 0.0363 e. The van der Waals surface area contributed by atoms with Crippen molar-refractivity contribution in [1.82, 2.24) is 0 Å². The highest BCUT2D eigenvalue weighted by Crippen LogP contribution is 2.27. The maximum atomic E-state index is 6.11. The standard InChI is InChI=1S/C15H24N2/c1-12-6-8-14(9-7-12)17(2)11-10-13-4-3-5-15(13)16/h6-9,13,15H,3-5,10-11,16H2,1-2H3. The molecule has 2 unspecified atom stereocenters. The highest BCUT2D eigenvalue weighted by molar-refractivity contribution is 5.46. The number of hydrogen-bond donors (Lipinski definition) is 1. The van der Waals surface area contributed by atoms with Crippen LogP contribution in [0.1, 0.15) is 31.2 Å². The molecule has 2 nitrogen and oxygen atoms in total. The molecule has 17 heavy (non-hydrogen) atoms. The van der Waals surface area contributed by atoms with Gasteiger partial charge < -0.3 is 10.6 Å². The van der Waals surface area contributed by atoms with Crippen LogP contribution in [-0.4, -0.2) is 19.6 Å². The van der Waals surface area contributed by atoms with Gasteiger partial charge in [0.2, 0.25) is 0 Å². The minimum atomic E-state index is 0.446. The molecular weight excluding hydrogens is 208 g/mol. The third-order valence-corrected chi connectivity index (χ3v) is 4.03. The minimum absolute atomic E-state index is 0.446. The molecule has 0 amide bonds. The van der Waals surface area contributed by atoms with E-state index in [4.69, 9.17) is 5.73 Å². The monoisotopic (exact) mass is 232 g/mol. The molecule has 0 saturated heterocycles. The van der Waals surface area contributed by atoms with Crippen molar-refractivity contribution >= 4 is 5.69 Å². The zero-order valence-corrected chi connectivity index (χ0v) is 11.0. The van der Waals surface area contributed by atoms with Gasteiger partial charge in [-0.25, -0.2) is 0 Å². The van der Waals surface area contributed by atoms with E-state index in [1.165, 1.54) is 36.9 Å². The lowest BCUT2D eigenvalue weighted by atomic mass is 10.00. The molecule has 1 aliphatic carbocycles.